The van der Waals surface area contributed by atoms with Crippen LogP contribution in [0.25, 0.3) is 0 Å². The van der Waals surface area contributed by atoms with Gasteiger partial charge in [-0.25, -0.2) is 4.57 Å². The van der Waals surface area contributed by atoms with Gasteiger partial charge < -0.3 is 9.79 Å². The Balaban J connectivity index is 4.37. The van der Waals surface area contributed by atoms with Gasteiger partial charge in [0.15, 0.2) is 0 Å². The summed E-state index contributed by atoms with van der Waals surface area (Å²) in [6.45, 7) is 8.29. The van der Waals surface area contributed by atoms with E-state index < -0.39 is 13.4 Å². The molecule has 0 rings (SSSR count). The first kappa shape index (κ1) is 10.8. The molecule has 11 heavy (non-hydrogen) atoms. The van der Waals surface area contributed by atoms with Gasteiger partial charge in [-0.1, -0.05) is 6.58 Å². The van der Waals surface area contributed by atoms with Gasteiger partial charge in [-0.3, -0.25) is 4.52 Å². The molecular formula is C6H13O4P. The Bertz CT molecular complexity index is 203. The minimum absolute atomic E-state index is 0.570. The molecule has 0 atom stereocenters. The molecule has 0 aliphatic heterocycles. The van der Waals surface area contributed by atoms with E-state index in [0.717, 1.165) is 0 Å². The lowest BCUT2D eigenvalue weighted by molar-refractivity contribution is 0.0945. The molecule has 0 saturated heterocycles. The molecule has 0 saturated carbocycles. The molecule has 0 aromatic carbocycles. The van der Waals surface area contributed by atoms with E-state index in [1.54, 1.807) is 20.8 Å². The molecule has 0 aliphatic carbocycles. The highest BCUT2D eigenvalue weighted by atomic mass is 31.2. The lowest BCUT2D eigenvalue weighted by atomic mass is 10.0. The van der Waals surface area contributed by atoms with Crippen molar-refractivity contribution in [1.29, 1.82) is 0 Å². The normalized spacial score (nSPS) is 13.2. The zero-order chi connectivity index (χ0) is 9.28. The first-order valence-electron chi connectivity index (χ1n) is 3.07. The summed E-state index contributed by atoms with van der Waals surface area (Å²) in [6, 6.07) is 0. The molecule has 2 N–H and O–H groups in total. The van der Waals surface area contributed by atoms with Crippen LogP contribution in [0.1, 0.15) is 20.8 Å². The highest BCUT2D eigenvalue weighted by Crippen LogP contribution is 2.43. The maximum atomic E-state index is 10.4. The van der Waals surface area contributed by atoms with Crippen LogP contribution in [-0.2, 0) is 9.09 Å². The second-order valence-electron chi connectivity index (χ2n) is 2.87. The molecule has 0 heterocycles. The molecule has 0 unspecified atom stereocenters. The molecule has 0 fully saturated rings. The first-order chi connectivity index (χ1) is 4.65. The smallest absolute Gasteiger partial charge is 0.303 e. The van der Waals surface area contributed by atoms with Gasteiger partial charge in [-0.15, -0.1) is 0 Å². The van der Waals surface area contributed by atoms with Crippen LogP contribution >= 0.6 is 7.82 Å². The average Bonchev–Trinajstić information content (AvgIpc) is 1.56. The van der Waals surface area contributed by atoms with Crippen LogP contribution in [0.15, 0.2) is 12.2 Å². The quantitative estimate of drug-likeness (QED) is 0.509. The monoisotopic (exact) mass is 180 g/mol. The predicted octanol–water partition coefficient (Wildman–Crippen LogP) is 1.45. The zero-order valence-electron chi connectivity index (χ0n) is 6.87. The summed E-state index contributed by atoms with van der Waals surface area (Å²) in [5, 5.41) is 0. The first-order valence-corrected chi connectivity index (χ1v) is 4.60. The lowest BCUT2D eigenvalue weighted by Gasteiger charge is -2.25. The summed E-state index contributed by atoms with van der Waals surface area (Å²) in [6.07, 6.45) is 0. The van der Waals surface area contributed by atoms with Crippen molar-refractivity contribution in [1.82, 2.24) is 0 Å². The van der Waals surface area contributed by atoms with Crippen molar-refractivity contribution < 1.29 is 18.9 Å². The fourth-order valence-corrected chi connectivity index (χ4v) is 1.13. The molecular weight excluding hydrogens is 167 g/mol. The van der Waals surface area contributed by atoms with Crippen LogP contribution in [0.3, 0.4) is 0 Å². The molecule has 0 bridgehead atoms. The topological polar surface area (TPSA) is 66.8 Å². The van der Waals surface area contributed by atoms with Crippen LogP contribution in [0.4, 0.5) is 0 Å². The summed E-state index contributed by atoms with van der Waals surface area (Å²) in [5.74, 6) is 0. The van der Waals surface area contributed by atoms with Crippen LogP contribution in [0, 0.1) is 0 Å². The molecule has 0 radical (unpaired) electrons. The third kappa shape index (κ3) is 4.32. The number of phosphoric acid groups is 1. The molecule has 66 valence electrons. The number of hydrogen-bond donors (Lipinski definition) is 2. The maximum Gasteiger partial charge on any atom is 0.470 e. The van der Waals surface area contributed by atoms with E-state index in [1.807, 2.05) is 0 Å². The van der Waals surface area contributed by atoms with Crippen LogP contribution in [0.2, 0.25) is 0 Å². The second-order valence-corrected chi connectivity index (χ2v) is 4.04. The Hall–Kier alpha value is -0.150. The summed E-state index contributed by atoms with van der Waals surface area (Å²) in [5.41, 5.74) is -0.403. The number of hydrogen-bond acceptors (Lipinski definition) is 2. The number of rotatable bonds is 3. The standard InChI is InChI=1S/C6H13O4P/c1-5(2)6(3,4)10-11(7,8)9/h1H2,2-4H3,(H2,7,8,9). The Morgan fingerprint density at radius 2 is 1.91 bits per heavy atom. The van der Waals surface area contributed by atoms with Crippen LogP contribution < -0.4 is 0 Å². The molecule has 0 aromatic heterocycles. The number of phosphoric ester groups is 1. The van der Waals surface area contributed by atoms with Gasteiger partial charge in [0.2, 0.25) is 0 Å². The van der Waals surface area contributed by atoms with Gasteiger partial charge in [-0.2, -0.15) is 0 Å². The van der Waals surface area contributed by atoms with Crippen molar-refractivity contribution in [3.63, 3.8) is 0 Å². The lowest BCUT2D eigenvalue weighted by Crippen LogP contribution is -2.23. The summed E-state index contributed by atoms with van der Waals surface area (Å²) in [4.78, 5) is 16.9. The third-order valence-corrected chi connectivity index (χ3v) is 2.07. The Labute approximate surface area is 66.1 Å². The van der Waals surface area contributed by atoms with E-state index >= 15 is 0 Å². The van der Waals surface area contributed by atoms with E-state index in [9.17, 15) is 4.57 Å². The minimum Gasteiger partial charge on any atom is -0.303 e. The van der Waals surface area contributed by atoms with Gasteiger partial charge in [0.1, 0.15) is 0 Å². The van der Waals surface area contributed by atoms with E-state index in [4.69, 9.17) is 9.79 Å². The van der Waals surface area contributed by atoms with Gasteiger partial charge in [0.05, 0.1) is 5.60 Å². The summed E-state index contributed by atoms with van der Waals surface area (Å²) in [7, 11) is -4.40. The van der Waals surface area contributed by atoms with Gasteiger partial charge in [-0.05, 0) is 26.3 Å². The zero-order valence-corrected chi connectivity index (χ0v) is 7.76. The summed E-state index contributed by atoms with van der Waals surface area (Å²) >= 11 is 0. The van der Waals surface area contributed by atoms with E-state index in [0.29, 0.717) is 5.57 Å². The largest absolute Gasteiger partial charge is 0.470 e. The fraction of sp³-hybridized carbons (Fsp3) is 0.667. The van der Waals surface area contributed by atoms with Gasteiger partial charge >= 0.3 is 7.82 Å². The minimum atomic E-state index is -4.40. The van der Waals surface area contributed by atoms with Gasteiger partial charge in [0.25, 0.3) is 0 Å². The Kier molecular flexibility index (Phi) is 3.03. The molecule has 5 heteroatoms. The van der Waals surface area contributed by atoms with E-state index in [2.05, 4.69) is 11.1 Å². The second kappa shape index (κ2) is 3.07. The molecule has 0 amide bonds. The van der Waals surface area contributed by atoms with Crippen molar-refractivity contribution in [3.8, 4) is 0 Å². The molecule has 4 nitrogen and oxygen atoms in total. The molecule has 0 aliphatic rings. The summed E-state index contributed by atoms with van der Waals surface area (Å²) < 4.78 is 14.8. The highest BCUT2D eigenvalue weighted by Gasteiger charge is 2.29. The van der Waals surface area contributed by atoms with Gasteiger partial charge in [0, 0.05) is 0 Å². The van der Waals surface area contributed by atoms with Crippen molar-refractivity contribution in [2.75, 3.05) is 0 Å². The predicted molar refractivity (Wildman–Crippen MR) is 42.0 cm³/mol. The van der Waals surface area contributed by atoms with E-state index in [-0.39, 0.29) is 0 Å². The Morgan fingerprint density at radius 1 is 1.55 bits per heavy atom. The van der Waals surface area contributed by atoms with Crippen LogP contribution in [-0.4, -0.2) is 15.4 Å². The third-order valence-electron chi connectivity index (χ3n) is 1.37. The fourth-order valence-electron chi connectivity index (χ4n) is 0.375. The molecule has 0 aromatic rings. The average molecular weight is 180 g/mol. The SMILES string of the molecule is C=C(C)C(C)(C)OP(=O)(O)O. The van der Waals surface area contributed by atoms with Crippen molar-refractivity contribution in [3.05, 3.63) is 12.2 Å². The van der Waals surface area contributed by atoms with Crippen LogP contribution in [0.5, 0.6) is 0 Å². The van der Waals surface area contributed by atoms with Crippen molar-refractivity contribution >= 4 is 7.82 Å². The van der Waals surface area contributed by atoms with E-state index in [1.165, 1.54) is 0 Å². The molecule has 0 spiro atoms. The maximum absolute atomic E-state index is 10.4. The van der Waals surface area contributed by atoms with Crippen molar-refractivity contribution in [2.45, 2.75) is 26.4 Å². The Morgan fingerprint density at radius 3 is 2.00 bits per heavy atom. The van der Waals surface area contributed by atoms with Crippen molar-refractivity contribution in [2.24, 2.45) is 0 Å². The highest BCUT2D eigenvalue weighted by molar-refractivity contribution is 7.46.